The van der Waals surface area contributed by atoms with Gasteiger partial charge in [0.1, 0.15) is 0 Å². The van der Waals surface area contributed by atoms with Crippen molar-refractivity contribution in [3.63, 3.8) is 0 Å². The molecule has 4 heteroatoms. The third-order valence-corrected chi connectivity index (χ3v) is 1.36. The minimum Gasteiger partial charge on any atom is -0.394 e. The Labute approximate surface area is 72.4 Å². The van der Waals surface area contributed by atoms with Gasteiger partial charge in [-0.2, -0.15) is 0 Å². The van der Waals surface area contributed by atoms with E-state index in [2.05, 4.69) is 6.58 Å². The number of likely N-dealkylation sites (N-methyl/N-ethyl adjacent to an activating group) is 1. The second-order valence-corrected chi connectivity index (χ2v) is 2.30. The molecule has 0 saturated heterocycles. The number of nitrogens with zero attached hydrogens (tertiary/aromatic N) is 1. The van der Waals surface area contributed by atoms with E-state index in [9.17, 15) is 4.79 Å². The molecule has 0 unspecified atom stereocenters. The average Bonchev–Trinajstić information content (AvgIpc) is 2.10. The van der Waals surface area contributed by atoms with Gasteiger partial charge in [-0.1, -0.05) is 6.58 Å². The van der Waals surface area contributed by atoms with Gasteiger partial charge in [-0.05, 0) is 6.08 Å². The predicted octanol–water partition coefficient (Wildman–Crippen LogP) is -0.360. The van der Waals surface area contributed by atoms with Crippen molar-refractivity contribution in [1.29, 1.82) is 0 Å². The van der Waals surface area contributed by atoms with Crippen LogP contribution in [0.2, 0.25) is 0 Å². The molecule has 0 aromatic heterocycles. The molecule has 0 aromatic carbocycles. The van der Waals surface area contributed by atoms with Crippen molar-refractivity contribution in [2.45, 2.75) is 0 Å². The monoisotopic (exact) mass is 173 g/mol. The van der Waals surface area contributed by atoms with Gasteiger partial charge in [0.05, 0.1) is 19.8 Å². The Morgan fingerprint density at radius 1 is 1.67 bits per heavy atom. The van der Waals surface area contributed by atoms with Crippen LogP contribution < -0.4 is 0 Å². The van der Waals surface area contributed by atoms with Crippen LogP contribution in [-0.2, 0) is 9.53 Å². The molecule has 70 valence electrons. The van der Waals surface area contributed by atoms with Crippen molar-refractivity contribution in [1.82, 2.24) is 4.90 Å². The normalized spacial score (nSPS) is 9.50. The number of hydrogen-bond acceptors (Lipinski definition) is 3. The smallest absolute Gasteiger partial charge is 0.245 e. The lowest BCUT2D eigenvalue weighted by molar-refractivity contribution is -0.125. The molecular formula is C8H15NO3. The molecule has 0 saturated carbocycles. The third-order valence-electron chi connectivity index (χ3n) is 1.36. The van der Waals surface area contributed by atoms with Crippen LogP contribution in [0.15, 0.2) is 12.7 Å². The van der Waals surface area contributed by atoms with Crippen LogP contribution in [0.5, 0.6) is 0 Å². The number of aliphatic hydroxyl groups excluding tert-OH is 1. The number of amides is 1. The highest BCUT2D eigenvalue weighted by Gasteiger charge is 2.01. The third kappa shape index (κ3) is 4.87. The Hall–Kier alpha value is -0.870. The van der Waals surface area contributed by atoms with E-state index in [1.807, 2.05) is 0 Å². The molecule has 0 atom stereocenters. The first kappa shape index (κ1) is 11.1. The van der Waals surface area contributed by atoms with E-state index in [1.165, 1.54) is 11.0 Å². The van der Waals surface area contributed by atoms with Gasteiger partial charge in [-0.15, -0.1) is 0 Å². The Morgan fingerprint density at radius 2 is 2.33 bits per heavy atom. The molecule has 0 fully saturated rings. The lowest BCUT2D eigenvalue weighted by Crippen LogP contribution is -2.28. The van der Waals surface area contributed by atoms with Gasteiger partial charge in [0.15, 0.2) is 0 Å². The number of rotatable bonds is 6. The van der Waals surface area contributed by atoms with Crippen molar-refractivity contribution in [3.05, 3.63) is 12.7 Å². The average molecular weight is 173 g/mol. The molecule has 1 N–H and O–H groups in total. The fourth-order valence-corrected chi connectivity index (χ4v) is 0.634. The summed E-state index contributed by atoms with van der Waals surface area (Å²) in [5, 5.41) is 8.37. The Kier molecular flexibility index (Phi) is 6.32. The van der Waals surface area contributed by atoms with Gasteiger partial charge in [-0.3, -0.25) is 4.79 Å². The van der Waals surface area contributed by atoms with Gasteiger partial charge in [-0.25, -0.2) is 0 Å². The van der Waals surface area contributed by atoms with Gasteiger partial charge < -0.3 is 14.7 Å². The fraction of sp³-hybridized carbons (Fsp3) is 0.625. The molecule has 0 bridgehead atoms. The van der Waals surface area contributed by atoms with E-state index >= 15 is 0 Å². The van der Waals surface area contributed by atoms with E-state index in [1.54, 1.807) is 7.05 Å². The van der Waals surface area contributed by atoms with Crippen LogP contribution in [0.25, 0.3) is 0 Å². The summed E-state index contributed by atoms with van der Waals surface area (Å²) < 4.78 is 4.97. The molecule has 0 spiro atoms. The zero-order valence-corrected chi connectivity index (χ0v) is 7.32. The molecule has 0 aliphatic heterocycles. The van der Waals surface area contributed by atoms with E-state index < -0.39 is 0 Å². The number of carbonyl (C=O) groups excluding carboxylic acids is 1. The summed E-state index contributed by atoms with van der Waals surface area (Å²) in [5.41, 5.74) is 0. The molecule has 0 heterocycles. The molecular weight excluding hydrogens is 158 g/mol. The standard InChI is InChI=1S/C8H15NO3/c1-3-8(11)9(2)4-6-12-7-5-10/h3,10H,1,4-7H2,2H3. The highest BCUT2D eigenvalue weighted by atomic mass is 16.5. The molecule has 0 aromatic rings. The molecule has 12 heavy (non-hydrogen) atoms. The summed E-state index contributed by atoms with van der Waals surface area (Å²) in [6, 6.07) is 0. The number of aliphatic hydroxyl groups is 1. The van der Waals surface area contributed by atoms with Gasteiger partial charge >= 0.3 is 0 Å². The molecule has 0 radical (unpaired) electrons. The van der Waals surface area contributed by atoms with E-state index in [4.69, 9.17) is 9.84 Å². The SMILES string of the molecule is C=CC(=O)N(C)CCOCCO. The minimum atomic E-state index is -0.123. The zero-order valence-electron chi connectivity index (χ0n) is 7.32. The predicted molar refractivity (Wildman–Crippen MR) is 45.7 cm³/mol. The van der Waals surface area contributed by atoms with Crippen molar-refractivity contribution in [2.75, 3.05) is 33.4 Å². The first-order valence-electron chi connectivity index (χ1n) is 3.78. The van der Waals surface area contributed by atoms with Crippen molar-refractivity contribution in [3.8, 4) is 0 Å². The quantitative estimate of drug-likeness (QED) is 0.441. The lowest BCUT2D eigenvalue weighted by Gasteiger charge is -2.14. The van der Waals surface area contributed by atoms with Crippen molar-refractivity contribution >= 4 is 5.91 Å². The van der Waals surface area contributed by atoms with Crippen LogP contribution in [0.4, 0.5) is 0 Å². The van der Waals surface area contributed by atoms with E-state index in [0.29, 0.717) is 19.8 Å². The first-order valence-corrected chi connectivity index (χ1v) is 3.78. The maximum absolute atomic E-state index is 10.9. The topological polar surface area (TPSA) is 49.8 Å². The lowest BCUT2D eigenvalue weighted by atomic mass is 10.5. The molecule has 1 amide bonds. The van der Waals surface area contributed by atoms with E-state index in [-0.39, 0.29) is 12.5 Å². The van der Waals surface area contributed by atoms with Crippen LogP contribution in [-0.4, -0.2) is 49.3 Å². The maximum atomic E-state index is 10.9. The van der Waals surface area contributed by atoms with Crippen molar-refractivity contribution in [2.24, 2.45) is 0 Å². The molecule has 0 aliphatic carbocycles. The summed E-state index contributed by atoms with van der Waals surface area (Å²) >= 11 is 0. The summed E-state index contributed by atoms with van der Waals surface area (Å²) in [7, 11) is 1.67. The van der Waals surface area contributed by atoms with Crippen LogP contribution in [0, 0.1) is 0 Å². The largest absolute Gasteiger partial charge is 0.394 e. The molecule has 0 aliphatic rings. The molecule has 4 nitrogen and oxygen atoms in total. The summed E-state index contributed by atoms with van der Waals surface area (Å²) in [5.74, 6) is -0.123. The second kappa shape index (κ2) is 6.82. The highest BCUT2D eigenvalue weighted by Crippen LogP contribution is 1.85. The van der Waals surface area contributed by atoms with Gasteiger partial charge in [0.2, 0.25) is 5.91 Å². The highest BCUT2D eigenvalue weighted by molar-refractivity contribution is 5.86. The first-order chi connectivity index (χ1) is 5.72. The summed E-state index contributed by atoms with van der Waals surface area (Å²) in [6.45, 7) is 4.64. The maximum Gasteiger partial charge on any atom is 0.245 e. The van der Waals surface area contributed by atoms with Crippen molar-refractivity contribution < 1.29 is 14.6 Å². The van der Waals surface area contributed by atoms with E-state index in [0.717, 1.165) is 0 Å². The number of hydrogen-bond donors (Lipinski definition) is 1. The Bertz CT molecular complexity index is 147. The Morgan fingerprint density at radius 3 is 2.83 bits per heavy atom. The Balaban J connectivity index is 3.37. The molecule has 0 rings (SSSR count). The minimum absolute atomic E-state index is 0.0130. The van der Waals surface area contributed by atoms with Crippen LogP contribution >= 0.6 is 0 Å². The van der Waals surface area contributed by atoms with Gasteiger partial charge in [0, 0.05) is 13.6 Å². The number of carbonyl (C=O) groups is 1. The summed E-state index contributed by atoms with van der Waals surface area (Å²) in [6.07, 6.45) is 1.26. The fourth-order valence-electron chi connectivity index (χ4n) is 0.634. The van der Waals surface area contributed by atoms with Crippen LogP contribution in [0.1, 0.15) is 0 Å². The van der Waals surface area contributed by atoms with Gasteiger partial charge in [0.25, 0.3) is 0 Å². The van der Waals surface area contributed by atoms with Crippen LogP contribution in [0.3, 0.4) is 0 Å². The number of ether oxygens (including phenoxy) is 1. The summed E-state index contributed by atoms with van der Waals surface area (Å²) in [4.78, 5) is 12.4. The second-order valence-electron chi connectivity index (χ2n) is 2.30. The zero-order chi connectivity index (χ0) is 9.40.